The molecule has 0 bridgehead atoms. The van der Waals surface area contributed by atoms with E-state index in [1.54, 1.807) is 12.4 Å². The van der Waals surface area contributed by atoms with Gasteiger partial charge >= 0.3 is 0 Å². The molecule has 0 aliphatic carbocycles. The van der Waals surface area contributed by atoms with Crippen molar-refractivity contribution in [2.75, 3.05) is 18.5 Å². The molecule has 2 rings (SSSR count). The number of nitrogens with two attached hydrogens (primary N) is 1. The minimum absolute atomic E-state index is 0.0201. The first kappa shape index (κ1) is 14.3. The zero-order valence-electron chi connectivity index (χ0n) is 11.6. The van der Waals surface area contributed by atoms with Crippen LogP contribution in [0.3, 0.4) is 0 Å². The third-order valence-corrected chi connectivity index (χ3v) is 2.89. The Morgan fingerprint density at radius 2 is 2.05 bits per heavy atom. The van der Waals surface area contributed by atoms with E-state index in [0.717, 1.165) is 18.5 Å². The molecule has 2 aromatic rings. The van der Waals surface area contributed by atoms with Crippen LogP contribution in [0.25, 0.3) is 0 Å². The Morgan fingerprint density at radius 3 is 2.80 bits per heavy atom. The Hall–Kier alpha value is -2.14. The average Bonchev–Trinajstić information content (AvgIpc) is 2.49. The van der Waals surface area contributed by atoms with Gasteiger partial charge in [-0.1, -0.05) is 30.3 Å². The van der Waals surface area contributed by atoms with Gasteiger partial charge < -0.3 is 15.8 Å². The van der Waals surface area contributed by atoms with Gasteiger partial charge in [-0.05, 0) is 18.9 Å². The minimum atomic E-state index is 0.0201. The van der Waals surface area contributed by atoms with Gasteiger partial charge in [0.25, 0.3) is 0 Å². The maximum atomic E-state index is 6.14. The summed E-state index contributed by atoms with van der Waals surface area (Å²) in [4.78, 5) is 8.37. The van der Waals surface area contributed by atoms with Gasteiger partial charge in [0.2, 0.25) is 5.88 Å². The molecule has 1 heterocycles. The van der Waals surface area contributed by atoms with Crippen molar-refractivity contribution >= 4 is 5.82 Å². The second-order valence-electron chi connectivity index (χ2n) is 4.41. The standard InChI is InChI=1S/C15H20N4O/c1-2-20-15-11-17-10-14(19-15)18-9-8-13(16)12-6-4-3-5-7-12/h3-7,10-11,13H,2,8-9,16H2,1H3,(H,18,19). The van der Waals surface area contributed by atoms with E-state index in [4.69, 9.17) is 10.5 Å². The molecule has 1 aromatic carbocycles. The number of ether oxygens (including phenoxy) is 1. The average molecular weight is 272 g/mol. The molecule has 106 valence electrons. The number of benzene rings is 1. The Labute approximate surface area is 119 Å². The highest BCUT2D eigenvalue weighted by atomic mass is 16.5. The lowest BCUT2D eigenvalue weighted by Gasteiger charge is -2.13. The Bertz CT molecular complexity index is 518. The van der Waals surface area contributed by atoms with Crippen molar-refractivity contribution < 1.29 is 4.74 Å². The number of nitrogens with zero attached hydrogens (tertiary/aromatic N) is 2. The SMILES string of the molecule is CCOc1cncc(NCCC(N)c2ccccc2)n1. The number of aromatic nitrogens is 2. The summed E-state index contributed by atoms with van der Waals surface area (Å²) in [7, 11) is 0. The van der Waals surface area contributed by atoms with Gasteiger partial charge in [-0.2, -0.15) is 4.98 Å². The molecule has 0 spiro atoms. The third kappa shape index (κ3) is 4.20. The molecule has 1 aromatic heterocycles. The summed E-state index contributed by atoms with van der Waals surface area (Å²) in [5.41, 5.74) is 7.28. The molecule has 5 nitrogen and oxygen atoms in total. The molecule has 0 aliphatic heterocycles. The monoisotopic (exact) mass is 272 g/mol. The molecule has 3 N–H and O–H groups in total. The van der Waals surface area contributed by atoms with E-state index in [0.29, 0.717) is 18.3 Å². The number of hydrogen-bond donors (Lipinski definition) is 2. The van der Waals surface area contributed by atoms with E-state index >= 15 is 0 Å². The van der Waals surface area contributed by atoms with Crippen LogP contribution in [0, 0.1) is 0 Å². The highest BCUT2D eigenvalue weighted by Gasteiger charge is 2.05. The topological polar surface area (TPSA) is 73.1 Å². The van der Waals surface area contributed by atoms with Gasteiger partial charge in [-0.3, -0.25) is 4.98 Å². The molecule has 0 saturated heterocycles. The maximum Gasteiger partial charge on any atom is 0.234 e. The molecule has 5 heteroatoms. The Kier molecular flexibility index (Phi) is 5.32. The molecule has 1 atom stereocenters. The zero-order chi connectivity index (χ0) is 14.2. The first-order chi connectivity index (χ1) is 9.79. The molecule has 0 radical (unpaired) electrons. The van der Waals surface area contributed by atoms with Gasteiger partial charge in [-0.25, -0.2) is 0 Å². The van der Waals surface area contributed by atoms with Crippen LogP contribution in [-0.4, -0.2) is 23.1 Å². The molecule has 0 saturated carbocycles. The van der Waals surface area contributed by atoms with E-state index in [2.05, 4.69) is 15.3 Å². The Balaban J connectivity index is 1.82. The van der Waals surface area contributed by atoms with Crippen molar-refractivity contribution in [3.8, 4) is 5.88 Å². The largest absolute Gasteiger partial charge is 0.477 e. The van der Waals surface area contributed by atoms with Gasteiger partial charge in [0.1, 0.15) is 5.82 Å². The molecule has 0 amide bonds. The van der Waals surface area contributed by atoms with Gasteiger partial charge in [-0.15, -0.1) is 0 Å². The summed E-state index contributed by atoms with van der Waals surface area (Å²) >= 11 is 0. The Morgan fingerprint density at radius 1 is 1.25 bits per heavy atom. The quantitative estimate of drug-likeness (QED) is 0.809. The number of rotatable bonds is 7. The third-order valence-electron chi connectivity index (χ3n) is 2.89. The molecular formula is C15H20N4O. The number of anilines is 1. The summed E-state index contributed by atoms with van der Waals surface area (Å²) in [6.07, 6.45) is 4.10. The second-order valence-corrected chi connectivity index (χ2v) is 4.41. The fourth-order valence-electron chi connectivity index (χ4n) is 1.87. The van der Waals surface area contributed by atoms with Crippen LogP contribution in [-0.2, 0) is 0 Å². The van der Waals surface area contributed by atoms with Crippen LogP contribution in [0.15, 0.2) is 42.7 Å². The molecule has 1 unspecified atom stereocenters. The van der Waals surface area contributed by atoms with E-state index < -0.39 is 0 Å². The highest BCUT2D eigenvalue weighted by Crippen LogP contribution is 2.14. The lowest BCUT2D eigenvalue weighted by molar-refractivity contribution is 0.325. The van der Waals surface area contributed by atoms with Crippen LogP contribution >= 0.6 is 0 Å². The van der Waals surface area contributed by atoms with Crippen LogP contribution in [0.1, 0.15) is 24.9 Å². The molecule has 0 aliphatic rings. The summed E-state index contributed by atoms with van der Waals surface area (Å²) in [5.74, 6) is 1.24. The van der Waals surface area contributed by atoms with E-state index in [-0.39, 0.29) is 6.04 Å². The summed E-state index contributed by atoms with van der Waals surface area (Å²) in [5, 5.41) is 3.21. The summed E-state index contributed by atoms with van der Waals surface area (Å²) in [6.45, 7) is 3.23. The predicted octanol–water partition coefficient (Wildman–Crippen LogP) is 2.38. The number of hydrogen-bond acceptors (Lipinski definition) is 5. The fraction of sp³-hybridized carbons (Fsp3) is 0.333. The summed E-state index contributed by atoms with van der Waals surface area (Å²) in [6, 6.07) is 10.1. The van der Waals surface area contributed by atoms with Crippen LogP contribution in [0.4, 0.5) is 5.82 Å². The van der Waals surface area contributed by atoms with Crippen LogP contribution in [0.5, 0.6) is 5.88 Å². The normalized spacial score (nSPS) is 11.9. The minimum Gasteiger partial charge on any atom is -0.477 e. The van der Waals surface area contributed by atoms with E-state index in [1.165, 1.54) is 0 Å². The molecule has 0 fully saturated rings. The van der Waals surface area contributed by atoms with Gasteiger partial charge in [0.05, 0.1) is 19.0 Å². The van der Waals surface area contributed by atoms with Gasteiger partial charge in [0.15, 0.2) is 0 Å². The smallest absolute Gasteiger partial charge is 0.234 e. The van der Waals surface area contributed by atoms with E-state index in [9.17, 15) is 0 Å². The molecule has 20 heavy (non-hydrogen) atoms. The van der Waals surface area contributed by atoms with Crippen molar-refractivity contribution in [3.05, 3.63) is 48.3 Å². The lowest BCUT2D eigenvalue weighted by Crippen LogP contribution is -2.15. The van der Waals surface area contributed by atoms with Crippen molar-refractivity contribution in [2.45, 2.75) is 19.4 Å². The molecular weight excluding hydrogens is 252 g/mol. The van der Waals surface area contributed by atoms with Crippen LogP contribution in [0.2, 0.25) is 0 Å². The maximum absolute atomic E-state index is 6.14. The van der Waals surface area contributed by atoms with Crippen LogP contribution < -0.4 is 15.8 Å². The van der Waals surface area contributed by atoms with Crippen molar-refractivity contribution in [2.24, 2.45) is 5.73 Å². The van der Waals surface area contributed by atoms with Crippen molar-refractivity contribution in [1.29, 1.82) is 0 Å². The fourth-order valence-corrected chi connectivity index (χ4v) is 1.87. The lowest BCUT2D eigenvalue weighted by atomic mass is 10.1. The predicted molar refractivity (Wildman–Crippen MR) is 79.7 cm³/mol. The van der Waals surface area contributed by atoms with Gasteiger partial charge in [0, 0.05) is 12.6 Å². The van der Waals surface area contributed by atoms with E-state index in [1.807, 2.05) is 37.3 Å². The first-order valence-corrected chi connectivity index (χ1v) is 6.79. The van der Waals surface area contributed by atoms with Crippen molar-refractivity contribution in [3.63, 3.8) is 0 Å². The summed E-state index contributed by atoms with van der Waals surface area (Å²) < 4.78 is 5.30. The first-order valence-electron chi connectivity index (χ1n) is 6.79. The zero-order valence-corrected chi connectivity index (χ0v) is 11.6. The second kappa shape index (κ2) is 7.45. The highest BCUT2D eigenvalue weighted by molar-refractivity contribution is 5.33. The van der Waals surface area contributed by atoms with Crippen molar-refractivity contribution in [1.82, 2.24) is 9.97 Å². The number of nitrogens with one attached hydrogen (secondary N) is 1.